The maximum atomic E-state index is 13.6. The Morgan fingerprint density at radius 1 is 1.23 bits per heavy atom. The molecule has 1 saturated carbocycles. The molecule has 0 amide bonds. The molecule has 122 valence electrons. The van der Waals surface area contributed by atoms with Crippen molar-refractivity contribution in [2.75, 3.05) is 0 Å². The zero-order chi connectivity index (χ0) is 15.9. The van der Waals surface area contributed by atoms with Crippen LogP contribution < -0.4 is 4.74 Å². The van der Waals surface area contributed by atoms with Crippen LogP contribution in [0.2, 0.25) is 0 Å². The maximum Gasteiger partial charge on any atom is 0.387 e. The van der Waals surface area contributed by atoms with Gasteiger partial charge < -0.3 is 4.74 Å². The molecule has 0 heterocycles. The Morgan fingerprint density at radius 3 is 2.55 bits per heavy atom. The largest absolute Gasteiger partial charge is 0.432 e. The second kappa shape index (κ2) is 8.47. The van der Waals surface area contributed by atoms with Crippen molar-refractivity contribution in [3.63, 3.8) is 0 Å². The lowest BCUT2D eigenvalue weighted by Gasteiger charge is -2.26. The maximum absolute atomic E-state index is 13.6. The monoisotopic (exact) mass is 332 g/mol. The molecular formula is C17H20ClF3O. The minimum atomic E-state index is -3.00. The zero-order valence-electron chi connectivity index (χ0n) is 12.3. The van der Waals surface area contributed by atoms with Crippen LogP contribution in [0.25, 0.3) is 0 Å². The van der Waals surface area contributed by atoms with Crippen molar-refractivity contribution in [3.8, 4) is 5.75 Å². The first-order chi connectivity index (χ1) is 10.6. The van der Waals surface area contributed by atoms with Crippen LogP contribution in [-0.2, 0) is 6.42 Å². The van der Waals surface area contributed by atoms with Crippen molar-refractivity contribution in [2.24, 2.45) is 11.8 Å². The van der Waals surface area contributed by atoms with E-state index in [1.54, 1.807) is 11.6 Å². The molecule has 0 aliphatic heterocycles. The van der Waals surface area contributed by atoms with E-state index in [-0.39, 0.29) is 0 Å². The fourth-order valence-corrected chi connectivity index (χ4v) is 3.24. The molecular weight excluding hydrogens is 313 g/mol. The second-order valence-electron chi connectivity index (χ2n) is 5.78. The van der Waals surface area contributed by atoms with Crippen molar-refractivity contribution >= 4 is 11.6 Å². The predicted molar refractivity (Wildman–Crippen MR) is 81.8 cm³/mol. The van der Waals surface area contributed by atoms with Crippen LogP contribution in [0.15, 0.2) is 29.8 Å². The van der Waals surface area contributed by atoms with Gasteiger partial charge in [0.25, 0.3) is 0 Å². The average Bonchev–Trinajstić information content (AvgIpc) is 2.49. The summed E-state index contributed by atoms with van der Waals surface area (Å²) in [7, 11) is 0. The molecule has 0 atom stereocenters. The molecule has 0 saturated heterocycles. The van der Waals surface area contributed by atoms with E-state index in [0.29, 0.717) is 11.8 Å². The Bertz CT molecular complexity index is 497. The van der Waals surface area contributed by atoms with Crippen molar-refractivity contribution in [1.82, 2.24) is 0 Å². The van der Waals surface area contributed by atoms with E-state index in [1.165, 1.54) is 12.1 Å². The summed E-state index contributed by atoms with van der Waals surface area (Å²) in [4.78, 5) is 0. The minimum absolute atomic E-state index is 0.396. The topological polar surface area (TPSA) is 9.23 Å². The SMILES string of the molecule is Fc1cc(CC[C@H]2CC[C@H](/C=C/Cl)CC2)ccc1OC(F)F. The normalized spacial score (nSPS) is 22.4. The molecule has 0 unspecified atom stereocenters. The number of hydrogen-bond acceptors (Lipinski definition) is 1. The van der Waals surface area contributed by atoms with Crippen LogP contribution in [0.3, 0.4) is 0 Å². The molecule has 22 heavy (non-hydrogen) atoms. The summed E-state index contributed by atoms with van der Waals surface area (Å²) < 4.78 is 41.9. The number of alkyl halides is 2. The highest BCUT2D eigenvalue weighted by Crippen LogP contribution is 2.32. The van der Waals surface area contributed by atoms with Crippen molar-refractivity contribution in [1.29, 1.82) is 0 Å². The molecule has 0 bridgehead atoms. The Labute approximate surface area is 134 Å². The molecule has 1 aliphatic rings. The smallest absolute Gasteiger partial charge is 0.387 e. The van der Waals surface area contributed by atoms with E-state index in [1.807, 2.05) is 0 Å². The Morgan fingerprint density at radius 2 is 1.95 bits per heavy atom. The highest BCUT2D eigenvalue weighted by atomic mass is 35.5. The first-order valence-electron chi connectivity index (χ1n) is 7.58. The van der Waals surface area contributed by atoms with Gasteiger partial charge in [0.1, 0.15) is 0 Å². The third-order valence-corrected chi connectivity index (χ3v) is 4.44. The average molecular weight is 333 g/mol. The van der Waals surface area contributed by atoms with Gasteiger partial charge in [-0.05, 0) is 68.1 Å². The number of ether oxygens (including phenoxy) is 1. The van der Waals surface area contributed by atoms with Gasteiger partial charge in [-0.25, -0.2) is 4.39 Å². The van der Waals surface area contributed by atoms with Gasteiger partial charge in [0.2, 0.25) is 0 Å². The number of aryl methyl sites for hydroxylation is 1. The number of allylic oxidation sites excluding steroid dienone is 1. The summed E-state index contributed by atoms with van der Waals surface area (Å²) in [5.41, 5.74) is 2.42. The highest BCUT2D eigenvalue weighted by Gasteiger charge is 2.19. The summed E-state index contributed by atoms with van der Waals surface area (Å²) >= 11 is 5.60. The number of halogens is 4. The molecule has 2 rings (SSSR count). The minimum Gasteiger partial charge on any atom is -0.432 e. The highest BCUT2D eigenvalue weighted by molar-refractivity contribution is 6.25. The van der Waals surface area contributed by atoms with E-state index in [9.17, 15) is 13.2 Å². The summed E-state index contributed by atoms with van der Waals surface area (Å²) in [6.45, 7) is -3.00. The Hall–Kier alpha value is -1.16. The molecule has 1 nitrogen and oxygen atoms in total. The van der Waals surface area contributed by atoms with Gasteiger partial charge in [-0.3, -0.25) is 0 Å². The van der Waals surface area contributed by atoms with Crippen LogP contribution >= 0.6 is 11.6 Å². The van der Waals surface area contributed by atoms with Gasteiger partial charge in [-0.15, -0.1) is 0 Å². The van der Waals surface area contributed by atoms with Gasteiger partial charge in [-0.1, -0.05) is 23.7 Å². The first-order valence-corrected chi connectivity index (χ1v) is 8.02. The van der Waals surface area contributed by atoms with E-state index < -0.39 is 18.2 Å². The molecule has 0 aromatic heterocycles. The van der Waals surface area contributed by atoms with Crippen molar-refractivity contribution in [2.45, 2.75) is 45.1 Å². The van der Waals surface area contributed by atoms with E-state index in [2.05, 4.69) is 10.8 Å². The van der Waals surface area contributed by atoms with E-state index >= 15 is 0 Å². The summed E-state index contributed by atoms with van der Waals surface area (Å²) in [5.74, 6) is 0.0953. The summed E-state index contributed by atoms with van der Waals surface area (Å²) in [5, 5.41) is 0. The Kier molecular flexibility index (Phi) is 6.62. The third kappa shape index (κ3) is 5.24. The van der Waals surface area contributed by atoms with Gasteiger partial charge in [-0.2, -0.15) is 8.78 Å². The predicted octanol–water partition coefficient (Wildman–Crippen LogP) is 5.92. The van der Waals surface area contributed by atoms with Gasteiger partial charge in [0.05, 0.1) is 0 Å². The van der Waals surface area contributed by atoms with Gasteiger partial charge in [0, 0.05) is 5.54 Å². The second-order valence-corrected chi connectivity index (χ2v) is 6.03. The molecule has 1 fully saturated rings. The van der Waals surface area contributed by atoms with Gasteiger partial charge in [0.15, 0.2) is 11.6 Å². The van der Waals surface area contributed by atoms with Crippen LogP contribution in [0.4, 0.5) is 13.2 Å². The lowest BCUT2D eigenvalue weighted by Crippen LogP contribution is -2.13. The molecule has 5 heteroatoms. The number of hydrogen-bond donors (Lipinski definition) is 0. The van der Waals surface area contributed by atoms with Gasteiger partial charge >= 0.3 is 6.61 Å². The van der Waals surface area contributed by atoms with Crippen LogP contribution in [-0.4, -0.2) is 6.61 Å². The lowest BCUT2D eigenvalue weighted by atomic mass is 9.79. The van der Waals surface area contributed by atoms with Crippen LogP contribution in [0.1, 0.15) is 37.7 Å². The lowest BCUT2D eigenvalue weighted by molar-refractivity contribution is -0.0522. The quantitative estimate of drug-likeness (QED) is 0.628. The number of benzene rings is 1. The molecule has 0 radical (unpaired) electrons. The first kappa shape index (κ1) is 17.2. The molecule has 0 spiro atoms. The van der Waals surface area contributed by atoms with Crippen LogP contribution in [0.5, 0.6) is 5.75 Å². The molecule has 1 aromatic carbocycles. The molecule has 1 aliphatic carbocycles. The molecule has 0 N–H and O–H groups in total. The fraction of sp³-hybridized carbons (Fsp3) is 0.529. The standard InChI is InChI=1S/C17H20ClF3O/c18-10-9-13-3-1-12(2-4-13)5-6-14-7-8-16(15(19)11-14)22-17(20)21/h7-13,17H,1-6H2/b10-9+/t12-,13-. The van der Waals surface area contributed by atoms with Crippen LogP contribution in [0, 0.1) is 17.7 Å². The fourth-order valence-electron chi connectivity index (χ4n) is 3.03. The van der Waals surface area contributed by atoms with E-state index in [4.69, 9.17) is 11.6 Å². The summed E-state index contributed by atoms with van der Waals surface area (Å²) in [6.07, 6.45) is 8.39. The third-order valence-electron chi connectivity index (χ3n) is 4.29. The van der Waals surface area contributed by atoms with E-state index in [0.717, 1.165) is 44.1 Å². The Balaban J connectivity index is 1.81. The van der Waals surface area contributed by atoms with Crippen molar-refractivity contribution in [3.05, 3.63) is 41.2 Å². The summed E-state index contributed by atoms with van der Waals surface area (Å²) in [6, 6.07) is 4.22. The zero-order valence-corrected chi connectivity index (χ0v) is 13.0. The van der Waals surface area contributed by atoms with Crippen molar-refractivity contribution < 1.29 is 17.9 Å². The molecule has 1 aromatic rings. The number of rotatable bonds is 6.